The van der Waals surface area contributed by atoms with Crippen molar-refractivity contribution in [1.82, 2.24) is 14.8 Å². The van der Waals surface area contributed by atoms with Crippen LogP contribution in [0.1, 0.15) is 17.0 Å². The van der Waals surface area contributed by atoms with Crippen LogP contribution in [0.4, 0.5) is 0 Å². The van der Waals surface area contributed by atoms with Gasteiger partial charge in [0.25, 0.3) is 0 Å². The van der Waals surface area contributed by atoms with Crippen LogP contribution < -0.4 is 5.32 Å². The van der Waals surface area contributed by atoms with E-state index in [1.54, 1.807) is 0 Å². The number of rotatable bonds is 4. The van der Waals surface area contributed by atoms with E-state index in [0.29, 0.717) is 5.69 Å². The van der Waals surface area contributed by atoms with Gasteiger partial charge in [0.15, 0.2) is 0 Å². The maximum Gasteiger partial charge on any atom is 0.120 e. The molecule has 1 N–H and O–H groups in total. The van der Waals surface area contributed by atoms with Crippen molar-refractivity contribution in [1.29, 1.82) is 5.26 Å². The fourth-order valence-corrected chi connectivity index (χ4v) is 2.41. The second-order valence-electron chi connectivity index (χ2n) is 5.20. The van der Waals surface area contributed by atoms with E-state index in [0.717, 1.165) is 38.5 Å². The number of nitriles is 1. The molecule has 0 unspecified atom stereocenters. The molecular weight excluding hydrogens is 240 g/mol. The van der Waals surface area contributed by atoms with Crippen LogP contribution in [0.5, 0.6) is 0 Å². The zero-order valence-electron chi connectivity index (χ0n) is 11.9. The van der Waals surface area contributed by atoms with Crippen molar-refractivity contribution in [2.75, 3.05) is 33.3 Å². The Morgan fingerprint density at radius 2 is 2.32 bits per heavy atom. The first kappa shape index (κ1) is 14.1. The highest BCUT2D eigenvalue weighted by Gasteiger charge is 2.17. The molecule has 1 atom stereocenters. The lowest BCUT2D eigenvalue weighted by Crippen LogP contribution is -2.44. The molecule has 1 aromatic rings. The van der Waals surface area contributed by atoms with E-state index in [9.17, 15) is 0 Å². The molecule has 1 aliphatic rings. The summed E-state index contributed by atoms with van der Waals surface area (Å²) < 4.78 is 7.64. The molecule has 5 nitrogen and oxygen atoms in total. The lowest BCUT2D eigenvalue weighted by molar-refractivity contribution is -0.0182. The predicted octanol–water partition coefficient (Wildman–Crippen LogP) is 0.625. The van der Waals surface area contributed by atoms with Gasteiger partial charge in [-0.15, -0.1) is 0 Å². The summed E-state index contributed by atoms with van der Waals surface area (Å²) in [5.74, 6) is 0. The molecule has 0 spiro atoms. The van der Waals surface area contributed by atoms with E-state index < -0.39 is 0 Å². The van der Waals surface area contributed by atoms with E-state index >= 15 is 0 Å². The monoisotopic (exact) mass is 262 g/mol. The van der Waals surface area contributed by atoms with Gasteiger partial charge in [-0.3, -0.25) is 0 Å². The van der Waals surface area contributed by atoms with E-state index in [1.165, 1.54) is 5.56 Å². The fraction of sp³-hybridized carbons (Fsp3) is 0.643. The highest BCUT2D eigenvalue weighted by molar-refractivity contribution is 5.34. The quantitative estimate of drug-likeness (QED) is 0.864. The molecule has 1 aromatic heterocycles. The van der Waals surface area contributed by atoms with Gasteiger partial charge in [0.1, 0.15) is 11.8 Å². The van der Waals surface area contributed by atoms with Gasteiger partial charge < -0.3 is 19.5 Å². The molecular formula is C14H22N4O. The topological polar surface area (TPSA) is 53.2 Å². The van der Waals surface area contributed by atoms with Crippen molar-refractivity contribution < 1.29 is 4.74 Å². The molecule has 104 valence electrons. The summed E-state index contributed by atoms with van der Waals surface area (Å²) in [4.78, 5) is 2.29. The van der Waals surface area contributed by atoms with Gasteiger partial charge in [0.05, 0.1) is 12.7 Å². The molecule has 19 heavy (non-hydrogen) atoms. The van der Waals surface area contributed by atoms with Crippen LogP contribution in [-0.2, 0) is 18.3 Å². The number of likely N-dealkylation sites (N-methyl/N-ethyl adjacent to an activating group) is 1. The minimum Gasteiger partial charge on any atom is -0.374 e. The Hall–Kier alpha value is -1.35. The Morgan fingerprint density at radius 1 is 1.53 bits per heavy atom. The normalized spacial score (nSPS) is 20.4. The van der Waals surface area contributed by atoms with Gasteiger partial charge in [0, 0.05) is 38.9 Å². The molecule has 0 saturated carbocycles. The third-order valence-corrected chi connectivity index (χ3v) is 3.78. The molecule has 5 heteroatoms. The van der Waals surface area contributed by atoms with Crippen molar-refractivity contribution in [2.24, 2.45) is 7.05 Å². The third-order valence-electron chi connectivity index (χ3n) is 3.78. The number of hydrogen-bond donors (Lipinski definition) is 1. The van der Waals surface area contributed by atoms with E-state index in [2.05, 4.69) is 23.3 Å². The Kier molecular flexibility index (Phi) is 4.59. The van der Waals surface area contributed by atoms with Gasteiger partial charge in [-0.05, 0) is 25.6 Å². The number of ether oxygens (including phenoxy) is 1. The zero-order valence-corrected chi connectivity index (χ0v) is 11.9. The van der Waals surface area contributed by atoms with E-state index in [1.807, 2.05) is 24.6 Å². The fourth-order valence-electron chi connectivity index (χ4n) is 2.41. The highest BCUT2D eigenvalue weighted by Crippen LogP contribution is 2.13. The van der Waals surface area contributed by atoms with Crippen LogP contribution in [0.3, 0.4) is 0 Å². The van der Waals surface area contributed by atoms with E-state index in [4.69, 9.17) is 10.00 Å². The second kappa shape index (κ2) is 6.20. The summed E-state index contributed by atoms with van der Waals surface area (Å²) in [6.07, 6.45) is 0.262. The smallest absolute Gasteiger partial charge is 0.120 e. The number of morpholine rings is 1. The first-order valence-electron chi connectivity index (χ1n) is 6.68. The summed E-state index contributed by atoms with van der Waals surface area (Å²) in [5.41, 5.74) is 3.04. The molecule has 2 heterocycles. The summed E-state index contributed by atoms with van der Waals surface area (Å²) in [6.45, 7) is 6.48. The molecule has 0 amide bonds. The Bertz CT molecular complexity index is 475. The standard InChI is InChI=1S/C14H22N4O/c1-11-12(6-13(7-15)18(11)3)8-16-9-14-10-17(2)4-5-19-14/h6,14,16H,4-5,8-10H2,1-3H3/t14-/m1/s1. The average Bonchev–Trinajstić information content (AvgIpc) is 2.67. The molecule has 0 bridgehead atoms. The molecule has 0 aromatic carbocycles. The second-order valence-corrected chi connectivity index (χ2v) is 5.20. The van der Waals surface area contributed by atoms with Crippen molar-refractivity contribution in [3.8, 4) is 6.07 Å². The van der Waals surface area contributed by atoms with Gasteiger partial charge >= 0.3 is 0 Å². The number of hydrogen-bond acceptors (Lipinski definition) is 4. The molecule has 0 aliphatic carbocycles. The van der Waals surface area contributed by atoms with Crippen LogP contribution in [-0.4, -0.2) is 48.9 Å². The summed E-state index contributed by atoms with van der Waals surface area (Å²) in [5, 5.41) is 12.4. The number of aromatic nitrogens is 1. The number of nitrogens with one attached hydrogen (secondary N) is 1. The molecule has 1 saturated heterocycles. The van der Waals surface area contributed by atoms with Gasteiger partial charge in [0.2, 0.25) is 0 Å². The minimum absolute atomic E-state index is 0.262. The molecule has 1 aliphatic heterocycles. The van der Waals surface area contributed by atoms with Crippen LogP contribution in [0, 0.1) is 18.3 Å². The van der Waals surface area contributed by atoms with Gasteiger partial charge in [-0.1, -0.05) is 0 Å². The maximum absolute atomic E-state index is 9.00. The lowest BCUT2D eigenvalue weighted by Gasteiger charge is -2.30. The SMILES string of the molecule is Cc1c(CNC[C@@H]2CN(C)CCO2)cc(C#N)n1C. The Morgan fingerprint density at radius 3 is 2.95 bits per heavy atom. The van der Waals surface area contributed by atoms with Crippen molar-refractivity contribution >= 4 is 0 Å². The Labute approximate surface area is 114 Å². The van der Waals surface area contributed by atoms with Gasteiger partial charge in [-0.2, -0.15) is 5.26 Å². The number of nitrogens with zero attached hydrogens (tertiary/aromatic N) is 3. The van der Waals surface area contributed by atoms with Crippen LogP contribution in [0.15, 0.2) is 6.07 Å². The van der Waals surface area contributed by atoms with E-state index in [-0.39, 0.29) is 6.10 Å². The Balaban J connectivity index is 1.84. The third kappa shape index (κ3) is 3.35. The van der Waals surface area contributed by atoms with Crippen molar-refractivity contribution in [2.45, 2.75) is 19.6 Å². The average molecular weight is 262 g/mol. The minimum atomic E-state index is 0.262. The summed E-state index contributed by atoms with van der Waals surface area (Å²) in [6, 6.07) is 4.16. The first-order chi connectivity index (χ1) is 9.11. The first-order valence-corrected chi connectivity index (χ1v) is 6.68. The highest BCUT2D eigenvalue weighted by atomic mass is 16.5. The predicted molar refractivity (Wildman–Crippen MR) is 73.8 cm³/mol. The van der Waals surface area contributed by atoms with Crippen LogP contribution >= 0.6 is 0 Å². The lowest BCUT2D eigenvalue weighted by atomic mass is 10.2. The molecule has 1 fully saturated rings. The maximum atomic E-state index is 9.00. The molecule has 2 rings (SSSR count). The summed E-state index contributed by atoms with van der Waals surface area (Å²) in [7, 11) is 4.05. The largest absolute Gasteiger partial charge is 0.374 e. The zero-order chi connectivity index (χ0) is 13.8. The van der Waals surface area contributed by atoms with Crippen LogP contribution in [0.25, 0.3) is 0 Å². The summed E-state index contributed by atoms with van der Waals surface area (Å²) >= 11 is 0. The van der Waals surface area contributed by atoms with Crippen LogP contribution in [0.2, 0.25) is 0 Å². The van der Waals surface area contributed by atoms with Gasteiger partial charge in [-0.25, -0.2) is 0 Å². The molecule has 0 radical (unpaired) electrons. The van der Waals surface area contributed by atoms with Crippen molar-refractivity contribution in [3.05, 3.63) is 23.0 Å². The van der Waals surface area contributed by atoms with Crippen molar-refractivity contribution in [3.63, 3.8) is 0 Å².